The van der Waals surface area contributed by atoms with Gasteiger partial charge in [0.05, 0.1) is 32.2 Å². The Hall–Kier alpha value is -2.80. The maximum Gasteiger partial charge on any atom is 0.133 e. The lowest BCUT2D eigenvalue weighted by Gasteiger charge is -2.22. The van der Waals surface area contributed by atoms with Crippen LogP contribution >= 0.6 is 0 Å². The Bertz CT molecular complexity index is 918. The predicted octanol–water partition coefficient (Wildman–Crippen LogP) is 3.73. The number of hydrogen-bond donors (Lipinski definition) is 1. The Morgan fingerprint density at radius 2 is 2.15 bits per heavy atom. The minimum Gasteiger partial charge on any atom is -0.497 e. The van der Waals surface area contributed by atoms with Crippen molar-refractivity contribution < 1.29 is 14.0 Å². The summed E-state index contributed by atoms with van der Waals surface area (Å²) in [7, 11) is 3.33. The zero-order chi connectivity index (χ0) is 18.8. The molecule has 1 aliphatic heterocycles. The van der Waals surface area contributed by atoms with Crippen LogP contribution < -0.4 is 9.47 Å². The molecular weight excluding hydrogens is 344 g/mol. The molecular formula is C20H24N4O3. The quantitative estimate of drug-likeness (QED) is 0.714. The van der Waals surface area contributed by atoms with Gasteiger partial charge >= 0.3 is 0 Å². The highest BCUT2D eigenvalue weighted by molar-refractivity contribution is 5.71. The number of aromatic amines is 1. The molecule has 7 nitrogen and oxygen atoms in total. The molecule has 2 aromatic heterocycles. The second-order valence-corrected chi connectivity index (χ2v) is 6.83. The fourth-order valence-electron chi connectivity index (χ4n) is 3.79. The Balaban J connectivity index is 1.63. The van der Waals surface area contributed by atoms with E-state index in [0.29, 0.717) is 0 Å². The van der Waals surface area contributed by atoms with Gasteiger partial charge in [-0.05, 0) is 44.5 Å². The third-order valence-corrected chi connectivity index (χ3v) is 5.12. The zero-order valence-electron chi connectivity index (χ0n) is 15.9. The highest BCUT2D eigenvalue weighted by Crippen LogP contribution is 2.37. The van der Waals surface area contributed by atoms with E-state index in [4.69, 9.17) is 14.0 Å². The SMILES string of the molecule is COc1ccc(OC)c(-c2[nH]ncc2CN2CCC[C@H]2c2cc(C)on2)c1. The molecule has 7 heteroatoms. The predicted molar refractivity (Wildman–Crippen MR) is 101 cm³/mol. The topological polar surface area (TPSA) is 76.4 Å². The molecule has 1 atom stereocenters. The summed E-state index contributed by atoms with van der Waals surface area (Å²) in [6.45, 7) is 3.73. The molecule has 0 aliphatic carbocycles. The number of likely N-dealkylation sites (tertiary alicyclic amines) is 1. The van der Waals surface area contributed by atoms with Crippen molar-refractivity contribution in [2.45, 2.75) is 32.4 Å². The first-order valence-electron chi connectivity index (χ1n) is 9.11. The third-order valence-electron chi connectivity index (χ3n) is 5.12. The average Bonchev–Trinajstić information content (AvgIpc) is 3.42. The van der Waals surface area contributed by atoms with E-state index >= 15 is 0 Å². The molecule has 3 heterocycles. The number of nitrogens with zero attached hydrogens (tertiary/aromatic N) is 3. The molecule has 0 radical (unpaired) electrons. The largest absolute Gasteiger partial charge is 0.497 e. The molecule has 27 heavy (non-hydrogen) atoms. The lowest BCUT2D eigenvalue weighted by Crippen LogP contribution is -2.23. The maximum absolute atomic E-state index is 5.55. The van der Waals surface area contributed by atoms with Gasteiger partial charge in [-0.15, -0.1) is 0 Å². The van der Waals surface area contributed by atoms with Crippen molar-refractivity contribution in [1.29, 1.82) is 0 Å². The van der Waals surface area contributed by atoms with Gasteiger partial charge in [0.1, 0.15) is 23.0 Å². The lowest BCUT2D eigenvalue weighted by atomic mass is 10.1. The van der Waals surface area contributed by atoms with Crippen LogP contribution in [-0.2, 0) is 6.54 Å². The summed E-state index contributed by atoms with van der Waals surface area (Å²) < 4.78 is 16.2. The lowest BCUT2D eigenvalue weighted by molar-refractivity contribution is 0.237. The first-order chi connectivity index (χ1) is 13.2. The Morgan fingerprint density at radius 1 is 1.26 bits per heavy atom. The highest BCUT2D eigenvalue weighted by Gasteiger charge is 2.29. The molecule has 4 rings (SSSR count). The van der Waals surface area contributed by atoms with Crippen molar-refractivity contribution >= 4 is 0 Å². The summed E-state index contributed by atoms with van der Waals surface area (Å²) in [6.07, 6.45) is 4.12. The van der Waals surface area contributed by atoms with Gasteiger partial charge in [-0.2, -0.15) is 5.10 Å². The second kappa shape index (κ2) is 7.44. The third kappa shape index (κ3) is 3.42. The van der Waals surface area contributed by atoms with Crippen molar-refractivity contribution in [3.63, 3.8) is 0 Å². The first kappa shape index (κ1) is 17.6. The van der Waals surface area contributed by atoms with Crippen molar-refractivity contribution in [3.8, 4) is 22.8 Å². The fraction of sp³-hybridized carbons (Fsp3) is 0.400. The van der Waals surface area contributed by atoms with E-state index in [1.165, 1.54) is 0 Å². The molecule has 1 fully saturated rings. The molecule has 0 amide bonds. The van der Waals surface area contributed by atoms with Crippen LogP contribution in [0.1, 0.15) is 35.9 Å². The van der Waals surface area contributed by atoms with Crippen LogP contribution in [0.3, 0.4) is 0 Å². The van der Waals surface area contributed by atoms with Gasteiger partial charge in [-0.25, -0.2) is 0 Å². The van der Waals surface area contributed by atoms with Crippen LogP contribution in [-0.4, -0.2) is 41.0 Å². The maximum atomic E-state index is 5.55. The van der Waals surface area contributed by atoms with Gasteiger partial charge in [-0.1, -0.05) is 5.16 Å². The van der Waals surface area contributed by atoms with Crippen molar-refractivity contribution in [3.05, 3.63) is 47.5 Å². The van der Waals surface area contributed by atoms with Gasteiger partial charge in [0.25, 0.3) is 0 Å². The number of nitrogens with one attached hydrogen (secondary N) is 1. The van der Waals surface area contributed by atoms with Gasteiger partial charge < -0.3 is 14.0 Å². The minimum atomic E-state index is 0.275. The average molecular weight is 368 g/mol. The van der Waals surface area contributed by atoms with Gasteiger partial charge in [0.15, 0.2) is 0 Å². The van der Waals surface area contributed by atoms with Gasteiger partial charge in [-0.3, -0.25) is 10.00 Å². The van der Waals surface area contributed by atoms with E-state index < -0.39 is 0 Å². The number of benzene rings is 1. The molecule has 1 N–H and O–H groups in total. The Labute approximate surface area is 158 Å². The van der Waals surface area contributed by atoms with E-state index in [-0.39, 0.29) is 6.04 Å². The summed E-state index contributed by atoms with van der Waals surface area (Å²) in [5.41, 5.74) is 4.02. The van der Waals surface area contributed by atoms with Gasteiger partial charge in [0.2, 0.25) is 0 Å². The molecule has 0 bridgehead atoms. The van der Waals surface area contributed by atoms with E-state index in [2.05, 4.69) is 20.3 Å². The number of aryl methyl sites for hydroxylation is 1. The van der Waals surface area contributed by atoms with Crippen molar-refractivity contribution in [2.75, 3.05) is 20.8 Å². The molecule has 0 spiro atoms. The van der Waals surface area contributed by atoms with Crippen LogP contribution in [0.2, 0.25) is 0 Å². The number of rotatable bonds is 6. The van der Waals surface area contributed by atoms with Crippen LogP contribution in [0.25, 0.3) is 11.3 Å². The van der Waals surface area contributed by atoms with E-state index in [9.17, 15) is 0 Å². The molecule has 1 aliphatic rings. The number of methoxy groups -OCH3 is 2. The van der Waals surface area contributed by atoms with E-state index in [0.717, 1.165) is 65.7 Å². The number of ether oxygens (including phenoxy) is 2. The second-order valence-electron chi connectivity index (χ2n) is 6.83. The minimum absolute atomic E-state index is 0.275. The summed E-state index contributed by atoms with van der Waals surface area (Å²) >= 11 is 0. The molecule has 1 aromatic carbocycles. The first-order valence-corrected chi connectivity index (χ1v) is 9.11. The van der Waals surface area contributed by atoms with Crippen LogP contribution in [0.15, 0.2) is 35.0 Å². The number of aromatic nitrogens is 3. The Morgan fingerprint density at radius 3 is 2.89 bits per heavy atom. The van der Waals surface area contributed by atoms with E-state index in [1.54, 1.807) is 14.2 Å². The smallest absolute Gasteiger partial charge is 0.133 e. The number of H-pyrrole nitrogens is 1. The number of hydrogen-bond acceptors (Lipinski definition) is 6. The van der Waals surface area contributed by atoms with Crippen LogP contribution in [0.4, 0.5) is 0 Å². The monoisotopic (exact) mass is 368 g/mol. The molecule has 3 aromatic rings. The van der Waals surface area contributed by atoms with Crippen LogP contribution in [0.5, 0.6) is 11.5 Å². The molecule has 1 saturated heterocycles. The molecule has 0 saturated carbocycles. The summed E-state index contributed by atoms with van der Waals surface area (Å²) in [6, 6.07) is 8.08. The normalized spacial score (nSPS) is 17.4. The van der Waals surface area contributed by atoms with Crippen molar-refractivity contribution in [2.24, 2.45) is 0 Å². The summed E-state index contributed by atoms with van der Waals surface area (Å²) in [4.78, 5) is 2.43. The summed E-state index contributed by atoms with van der Waals surface area (Å²) in [5, 5.41) is 11.7. The van der Waals surface area contributed by atoms with Crippen molar-refractivity contribution in [1.82, 2.24) is 20.3 Å². The van der Waals surface area contributed by atoms with E-state index in [1.807, 2.05) is 37.4 Å². The summed E-state index contributed by atoms with van der Waals surface area (Å²) in [5.74, 6) is 2.41. The molecule has 0 unspecified atom stereocenters. The fourth-order valence-corrected chi connectivity index (χ4v) is 3.79. The highest BCUT2D eigenvalue weighted by atomic mass is 16.5. The van der Waals surface area contributed by atoms with Gasteiger partial charge in [0, 0.05) is 23.7 Å². The molecule has 142 valence electrons. The standard InChI is InChI=1S/C20H24N4O3/c1-13-9-17(23-27-13)18-5-4-8-24(18)12-14-11-21-22-20(14)16-10-15(25-2)6-7-19(16)26-3/h6-7,9-11,18H,4-5,8,12H2,1-3H3,(H,21,22)/t18-/m0/s1. The van der Waals surface area contributed by atoms with Crippen LogP contribution in [0, 0.1) is 6.92 Å². The zero-order valence-corrected chi connectivity index (χ0v) is 15.9. The Kier molecular flexibility index (Phi) is 4.85.